The van der Waals surface area contributed by atoms with Crippen molar-refractivity contribution in [2.24, 2.45) is 0 Å². The average molecular weight is 323 g/mol. The maximum atomic E-state index is 5.85. The van der Waals surface area contributed by atoms with Crippen LogP contribution in [0.15, 0.2) is 12.1 Å². The number of piperidine rings is 1. The largest absolute Gasteiger partial charge is 0.377 e. The van der Waals surface area contributed by atoms with Crippen molar-refractivity contribution in [2.75, 3.05) is 33.3 Å². The molecular formula is C18H30N2OS. The van der Waals surface area contributed by atoms with Gasteiger partial charge in [0.25, 0.3) is 0 Å². The van der Waals surface area contributed by atoms with Crippen molar-refractivity contribution >= 4 is 11.3 Å². The van der Waals surface area contributed by atoms with E-state index in [0.29, 0.717) is 6.10 Å². The van der Waals surface area contributed by atoms with Gasteiger partial charge >= 0.3 is 0 Å². The van der Waals surface area contributed by atoms with E-state index in [1.54, 1.807) is 0 Å². The number of thiophene rings is 1. The molecule has 0 aliphatic carbocycles. The number of hydrogen-bond acceptors (Lipinski definition) is 4. The molecule has 3 rings (SSSR count). The SMILES string of the molecule is CN(Cc1ccc(CN2CCCCC2)s1)C[C@H]1CCCCO1. The van der Waals surface area contributed by atoms with Crippen LogP contribution in [0.1, 0.15) is 48.3 Å². The quantitative estimate of drug-likeness (QED) is 0.793. The minimum absolute atomic E-state index is 0.450. The second kappa shape index (κ2) is 8.44. The van der Waals surface area contributed by atoms with Gasteiger partial charge in [0.2, 0.25) is 0 Å². The fourth-order valence-electron chi connectivity index (χ4n) is 3.56. The lowest BCUT2D eigenvalue weighted by Gasteiger charge is -2.27. The normalized spacial score (nSPS) is 24.0. The second-order valence-electron chi connectivity index (χ2n) is 6.89. The van der Waals surface area contributed by atoms with E-state index < -0.39 is 0 Å². The molecule has 2 fully saturated rings. The molecule has 22 heavy (non-hydrogen) atoms. The van der Waals surface area contributed by atoms with Crippen molar-refractivity contribution in [2.45, 2.75) is 57.7 Å². The van der Waals surface area contributed by atoms with E-state index in [1.165, 1.54) is 61.4 Å². The topological polar surface area (TPSA) is 15.7 Å². The smallest absolute Gasteiger partial charge is 0.0702 e. The molecular weight excluding hydrogens is 292 g/mol. The van der Waals surface area contributed by atoms with E-state index in [0.717, 1.165) is 26.2 Å². The van der Waals surface area contributed by atoms with Gasteiger partial charge in [-0.1, -0.05) is 6.42 Å². The van der Waals surface area contributed by atoms with Crippen molar-refractivity contribution in [3.8, 4) is 0 Å². The number of likely N-dealkylation sites (N-methyl/N-ethyl adjacent to an activating group) is 1. The van der Waals surface area contributed by atoms with Crippen LogP contribution in [-0.2, 0) is 17.8 Å². The third kappa shape index (κ3) is 5.05. The Bertz CT molecular complexity index is 436. The summed E-state index contributed by atoms with van der Waals surface area (Å²) in [4.78, 5) is 8.05. The second-order valence-corrected chi connectivity index (χ2v) is 8.14. The molecule has 1 atom stereocenters. The third-order valence-corrected chi connectivity index (χ3v) is 5.82. The van der Waals surface area contributed by atoms with Gasteiger partial charge in [0.05, 0.1) is 6.10 Å². The highest BCUT2D eigenvalue weighted by Gasteiger charge is 2.17. The highest BCUT2D eigenvalue weighted by atomic mass is 32.1. The molecule has 0 unspecified atom stereocenters. The van der Waals surface area contributed by atoms with Gasteiger partial charge in [0.1, 0.15) is 0 Å². The summed E-state index contributed by atoms with van der Waals surface area (Å²) in [7, 11) is 2.22. The molecule has 0 aromatic carbocycles. The van der Waals surface area contributed by atoms with E-state index in [4.69, 9.17) is 4.74 Å². The highest BCUT2D eigenvalue weighted by Crippen LogP contribution is 2.22. The summed E-state index contributed by atoms with van der Waals surface area (Å²) in [6.45, 7) is 6.81. The van der Waals surface area contributed by atoms with Crippen LogP contribution in [0.3, 0.4) is 0 Å². The van der Waals surface area contributed by atoms with Crippen LogP contribution in [-0.4, -0.2) is 49.2 Å². The zero-order valence-electron chi connectivity index (χ0n) is 13.9. The third-order valence-electron chi connectivity index (χ3n) is 4.76. The maximum Gasteiger partial charge on any atom is 0.0702 e. The molecule has 4 heteroatoms. The average Bonchev–Trinajstić information content (AvgIpc) is 2.96. The Morgan fingerprint density at radius 2 is 1.95 bits per heavy atom. The van der Waals surface area contributed by atoms with Gasteiger partial charge in [-0.15, -0.1) is 11.3 Å². The number of likely N-dealkylation sites (tertiary alicyclic amines) is 1. The lowest BCUT2D eigenvalue weighted by atomic mass is 10.1. The molecule has 1 aromatic rings. The minimum atomic E-state index is 0.450. The van der Waals surface area contributed by atoms with Gasteiger partial charge in [-0.2, -0.15) is 0 Å². The first-order valence-electron chi connectivity index (χ1n) is 8.90. The molecule has 0 bridgehead atoms. The number of nitrogens with zero attached hydrogens (tertiary/aromatic N) is 2. The number of ether oxygens (including phenoxy) is 1. The van der Waals surface area contributed by atoms with Crippen LogP contribution in [0.25, 0.3) is 0 Å². The summed E-state index contributed by atoms with van der Waals surface area (Å²) in [5, 5.41) is 0. The number of rotatable bonds is 6. The van der Waals surface area contributed by atoms with Gasteiger partial charge in [-0.3, -0.25) is 9.80 Å². The van der Waals surface area contributed by atoms with Gasteiger partial charge in [0.15, 0.2) is 0 Å². The number of hydrogen-bond donors (Lipinski definition) is 0. The predicted octanol–water partition coefficient (Wildman–Crippen LogP) is 3.73. The van der Waals surface area contributed by atoms with Crippen molar-refractivity contribution in [1.29, 1.82) is 0 Å². The minimum Gasteiger partial charge on any atom is -0.377 e. The summed E-state index contributed by atoms with van der Waals surface area (Å²) in [6.07, 6.45) is 8.43. The molecule has 3 nitrogen and oxygen atoms in total. The van der Waals surface area contributed by atoms with Gasteiger partial charge in [0, 0.05) is 36.0 Å². The van der Waals surface area contributed by atoms with Crippen LogP contribution in [0.2, 0.25) is 0 Å². The Balaban J connectivity index is 1.44. The van der Waals surface area contributed by atoms with E-state index in [9.17, 15) is 0 Å². The van der Waals surface area contributed by atoms with Crippen LogP contribution in [0, 0.1) is 0 Å². The van der Waals surface area contributed by atoms with Crippen molar-refractivity contribution < 1.29 is 4.74 Å². The predicted molar refractivity (Wildman–Crippen MR) is 93.4 cm³/mol. The van der Waals surface area contributed by atoms with Gasteiger partial charge < -0.3 is 4.74 Å². The van der Waals surface area contributed by atoms with E-state index >= 15 is 0 Å². The van der Waals surface area contributed by atoms with Gasteiger partial charge in [-0.25, -0.2) is 0 Å². The lowest BCUT2D eigenvalue weighted by molar-refractivity contribution is -0.00245. The Kier molecular flexibility index (Phi) is 6.30. The molecule has 1 aromatic heterocycles. The Labute approximate surface area is 139 Å². The van der Waals surface area contributed by atoms with E-state index in [-0.39, 0.29) is 0 Å². The zero-order chi connectivity index (χ0) is 15.2. The summed E-state index contributed by atoms with van der Waals surface area (Å²) in [6, 6.07) is 4.65. The maximum absolute atomic E-state index is 5.85. The molecule has 0 N–H and O–H groups in total. The first-order valence-corrected chi connectivity index (χ1v) is 9.71. The molecule has 2 saturated heterocycles. The van der Waals surface area contributed by atoms with E-state index in [1.807, 2.05) is 11.3 Å². The fourth-order valence-corrected chi connectivity index (χ4v) is 4.70. The Morgan fingerprint density at radius 1 is 1.14 bits per heavy atom. The van der Waals surface area contributed by atoms with Crippen molar-refractivity contribution in [1.82, 2.24) is 9.80 Å². The molecule has 0 amide bonds. The van der Waals surface area contributed by atoms with E-state index in [2.05, 4.69) is 29.0 Å². The first kappa shape index (κ1) is 16.4. The molecule has 0 spiro atoms. The summed E-state index contributed by atoms with van der Waals surface area (Å²) in [5.41, 5.74) is 0. The van der Waals surface area contributed by atoms with Crippen LogP contribution < -0.4 is 0 Å². The molecule has 3 heterocycles. The highest BCUT2D eigenvalue weighted by molar-refractivity contribution is 7.11. The lowest BCUT2D eigenvalue weighted by Crippen LogP contribution is -2.32. The monoisotopic (exact) mass is 322 g/mol. The molecule has 2 aliphatic heterocycles. The summed E-state index contributed by atoms with van der Waals surface area (Å²) >= 11 is 1.99. The van der Waals surface area contributed by atoms with Crippen molar-refractivity contribution in [3.63, 3.8) is 0 Å². The Hall–Kier alpha value is -0.420. The van der Waals surface area contributed by atoms with Crippen LogP contribution in [0.4, 0.5) is 0 Å². The van der Waals surface area contributed by atoms with Crippen LogP contribution in [0.5, 0.6) is 0 Å². The zero-order valence-corrected chi connectivity index (χ0v) is 14.7. The molecule has 2 aliphatic rings. The van der Waals surface area contributed by atoms with Crippen molar-refractivity contribution in [3.05, 3.63) is 21.9 Å². The molecule has 0 saturated carbocycles. The summed E-state index contributed by atoms with van der Waals surface area (Å²) in [5.74, 6) is 0. The standard InChI is InChI=1S/C18H30N2OS/c1-19(13-16-7-3-6-12-21-16)14-17-8-9-18(22-17)15-20-10-4-2-5-11-20/h8-9,16H,2-7,10-15H2,1H3/t16-/m1/s1. The van der Waals surface area contributed by atoms with Gasteiger partial charge in [-0.05, 0) is 64.4 Å². The fraction of sp³-hybridized carbons (Fsp3) is 0.778. The molecule has 124 valence electrons. The Morgan fingerprint density at radius 3 is 2.73 bits per heavy atom. The first-order chi connectivity index (χ1) is 10.8. The molecule has 0 radical (unpaired) electrons. The summed E-state index contributed by atoms with van der Waals surface area (Å²) < 4.78 is 5.85. The van der Waals surface area contributed by atoms with Crippen LogP contribution >= 0.6 is 11.3 Å².